The number of pyridine rings is 1. The van der Waals surface area contributed by atoms with Crippen molar-refractivity contribution in [1.29, 1.82) is 0 Å². The standard InChI is InChI=1S/C28H28N2O5/c1-3-16-35-23-7-5-6-21(17-23)25-24(26(31)20-8-10-22(11-9-20)34-4-2)27(32)28(33)30(25)18-19-12-14-29-15-13-19/h5-15,17,25,31H,3-4,16,18H2,1-2H3. The van der Waals surface area contributed by atoms with Crippen LogP contribution >= 0.6 is 0 Å². The van der Waals surface area contributed by atoms with E-state index >= 15 is 0 Å². The maximum atomic E-state index is 13.3. The van der Waals surface area contributed by atoms with Crippen LogP contribution in [-0.4, -0.2) is 39.9 Å². The molecular formula is C28H28N2O5. The average molecular weight is 473 g/mol. The van der Waals surface area contributed by atoms with Crippen LogP contribution in [0.2, 0.25) is 0 Å². The first-order valence-electron chi connectivity index (χ1n) is 11.7. The van der Waals surface area contributed by atoms with Crippen molar-refractivity contribution < 1.29 is 24.2 Å². The number of aliphatic hydroxyl groups is 1. The van der Waals surface area contributed by atoms with Gasteiger partial charge in [-0.15, -0.1) is 0 Å². The van der Waals surface area contributed by atoms with Gasteiger partial charge < -0.3 is 19.5 Å². The maximum absolute atomic E-state index is 13.3. The third-order valence-electron chi connectivity index (χ3n) is 5.73. The number of aliphatic hydroxyl groups excluding tert-OH is 1. The highest BCUT2D eigenvalue weighted by Crippen LogP contribution is 2.41. The second-order valence-corrected chi connectivity index (χ2v) is 8.16. The molecule has 0 aliphatic carbocycles. The second kappa shape index (κ2) is 10.9. The Morgan fingerprint density at radius 1 is 0.971 bits per heavy atom. The van der Waals surface area contributed by atoms with Gasteiger partial charge in [0.15, 0.2) is 0 Å². The van der Waals surface area contributed by atoms with Crippen molar-refractivity contribution in [2.45, 2.75) is 32.9 Å². The number of ketones is 1. The van der Waals surface area contributed by atoms with E-state index in [-0.39, 0.29) is 17.9 Å². The Hall–Kier alpha value is -4.13. The Morgan fingerprint density at radius 3 is 2.40 bits per heavy atom. The Bertz CT molecular complexity index is 1220. The smallest absolute Gasteiger partial charge is 0.295 e. The largest absolute Gasteiger partial charge is 0.507 e. The summed E-state index contributed by atoms with van der Waals surface area (Å²) in [6.07, 6.45) is 4.13. The van der Waals surface area contributed by atoms with Crippen molar-refractivity contribution in [2.24, 2.45) is 0 Å². The summed E-state index contributed by atoms with van der Waals surface area (Å²) < 4.78 is 11.3. The topological polar surface area (TPSA) is 89.0 Å². The highest BCUT2D eigenvalue weighted by Gasteiger charge is 2.46. The van der Waals surface area contributed by atoms with Gasteiger partial charge in [-0.2, -0.15) is 0 Å². The highest BCUT2D eigenvalue weighted by atomic mass is 16.5. The van der Waals surface area contributed by atoms with Crippen LogP contribution in [0.4, 0.5) is 0 Å². The van der Waals surface area contributed by atoms with Crippen molar-refractivity contribution in [3.05, 3.63) is 95.3 Å². The van der Waals surface area contributed by atoms with Crippen molar-refractivity contribution in [1.82, 2.24) is 9.88 Å². The van der Waals surface area contributed by atoms with Gasteiger partial charge in [0.05, 0.1) is 24.8 Å². The summed E-state index contributed by atoms with van der Waals surface area (Å²) in [5.41, 5.74) is 1.98. The number of nitrogens with zero attached hydrogens (tertiary/aromatic N) is 2. The fraction of sp³-hybridized carbons (Fsp3) is 0.250. The predicted molar refractivity (Wildman–Crippen MR) is 132 cm³/mol. The molecule has 2 aromatic carbocycles. The van der Waals surface area contributed by atoms with Crippen molar-refractivity contribution in [2.75, 3.05) is 13.2 Å². The molecule has 1 saturated heterocycles. The minimum atomic E-state index is -0.778. The van der Waals surface area contributed by atoms with E-state index in [1.807, 2.05) is 38.1 Å². The Morgan fingerprint density at radius 2 is 1.71 bits per heavy atom. The lowest BCUT2D eigenvalue weighted by molar-refractivity contribution is -0.140. The van der Waals surface area contributed by atoms with Gasteiger partial charge in [-0.05, 0) is 73.0 Å². The quantitative estimate of drug-likeness (QED) is 0.271. The fourth-order valence-electron chi connectivity index (χ4n) is 4.10. The van der Waals surface area contributed by atoms with Crippen LogP contribution in [0.3, 0.4) is 0 Å². The molecule has 0 saturated carbocycles. The molecule has 1 N–H and O–H groups in total. The van der Waals surface area contributed by atoms with E-state index in [9.17, 15) is 14.7 Å². The number of carbonyl (C=O) groups excluding carboxylic acids is 2. The summed E-state index contributed by atoms with van der Waals surface area (Å²) in [5.74, 6) is -0.331. The van der Waals surface area contributed by atoms with Crippen LogP contribution in [-0.2, 0) is 16.1 Å². The number of rotatable bonds is 9. The van der Waals surface area contributed by atoms with Crippen LogP contribution < -0.4 is 9.47 Å². The minimum absolute atomic E-state index is 0.0425. The molecule has 1 aromatic heterocycles. The number of Topliss-reactive ketones (excluding diaryl/α,β-unsaturated/α-hetero) is 1. The normalized spacial score (nSPS) is 17.0. The third-order valence-corrected chi connectivity index (χ3v) is 5.73. The second-order valence-electron chi connectivity index (χ2n) is 8.16. The number of likely N-dealkylation sites (tertiary alicyclic amines) is 1. The monoisotopic (exact) mass is 472 g/mol. The van der Waals surface area contributed by atoms with Crippen LogP contribution in [0.25, 0.3) is 5.76 Å². The molecule has 180 valence electrons. The molecule has 1 atom stereocenters. The van der Waals surface area contributed by atoms with Gasteiger partial charge in [0.25, 0.3) is 11.7 Å². The molecular weight excluding hydrogens is 444 g/mol. The minimum Gasteiger partial charge on any atom is -0.507 e. The van der Waals surface area contributed by atoms with Crippen LogP contribution in [0.5, 0.6) is 11.5 Å². The third kappa shape index (κ3) is 5.19. The molecule has 1 unspecified atom stereocenters. The summed E-state index contributed by atoms with van der Waals surface area (Å²) in [6.45, 7) is 5.16. The van der Waals surface area contributed by atoms with E-state index in [1.165, 1.54) is 4.90 Å². The lowest BCUT2D eigenvalue weighted by Gasteiger charge is -2.25. The van der Waals surface area contributed by atoms with Crippen LogP contribution in [0, 0.1) is 0 Å². The molecule has 7 heteroatoms. The summed E-state index contributed by atoms with van der Waals surface area (Å²) in [6, 6.07) is 16.9. The molecule has 2 heterocycles. The average Bonchev–Trinajstić information content (AvgIpc) is 3.13. The van der Waals surface area contributed by atoms with Crippen molar-refractivity contribution in [3.63, 3.8) is 0 Å². The predicted octanol–water partition coefficient (Wildman–Crippen LogP) is 4.89. The van der Waals surface area contributed by atoms with E-state index in [0.29, 0.717) is 35.8 Å². The number of ether oxygens (including phenoxy) is 2. The van der Waals surface area contributed by atoms with Crippen molar-refractivity contribution >= 4 is 17.4 Å². The number of hydrogen-bond donors (Lipinski definition) is 1. The number of carbonyl (C=O) groups is 2. The zero-order valence-electron chi connectivity index (χ0n) is 19.8. The zero-order valence-corrected chi connectivity index (χ0v) is 19.8. The van der Waals surface area contributed by atoms with Gasteiger partial charge in [-0.1, -0.05) is 19.1 Å². The molecule has 35 heavy (non-hydrogen) atoms. The van der Waals surface area contributed by atoms with Crippen LogP contribution in [0.1, 0.15) is 43.0 Å². The first-order chi connectivity index (χ1) is 17.0. The van der Waals surface area contributed by atoms with Gasteiger partial charge in [-0.3, -0.25) is 14.6 Å². The van der Waals surface area contributed by atoms with Crippen molar-refractivity contribution in [3.8, 4) is 11.5 Å². The van der Waals surface area contributed by atoms with Gasteiger partial charge in [-0.25, -0.2) is 0 Å². The summed E-state index contributed by atoms with van der Waals surface area (Å²) in [7, 11) is 0. The maximum Gasteiger partial charge on any atom is 0.295 e. The number of aromatic nitrogens is 1. The van der Waals surface area contributed by atoms with Gasteiger partial charge in [0.2, 0.25) is 0 Å². The molecule has 1 amide bonds. The molecule has 3 aromatic rings. The van der Waals surface area contributed by atoms with E-state index in [1.54, 1.807) is 48.8 Å². The lowest BCUT2D eigenvalue weighted by atomic mass is 9.95. The molecule has 0 bridgehead atoms. The molecule has 4 rings (SSSR count). The summed E-state index contributed by atoms with van der Waals surface area (Å²) >= 11 is 0. The van der Waals surface area contributed by atoms with Crippen LogP contribution in [0.15, 0.2) is 78.6 Å². The first kappa shape index (κ1) is 24.0. The number of benzene rings is 2. The Balaban J connectivity index is 1.81. The summed E-state index contributed by atoms with van der Waals surface area (Å²) in [5, 5.41) is 11.3. The number of hydrogen-bond acceptors (Lipinski definition) is 6. The molecule has 0 spiro atoms. The molecule has 1 aliphatic rings. The molecule has 7 nitrogen and oxygen atoms in total. The lowest BCUT2D eigenvalue weighted by Crippen LogP contribution is -2.29. The SMILES string of the molecule is CCCOc1cccc(C2C(=C(O)c3ccc(OCC)cc3)C(=O)C(=O)N2Cc2ccncc2)c1. The zero-order chi connectivity index (χ0) is 24.8. The van der Waals surface area contributed by atoms with Gasteiger partial charge in [0.1, 0.15) is 17.3 Å². The van der Waals surface area contributed by atoms with Gasteiger partial charge >= 0.3 is 0 Å². The molecule has 1 fully saturated rings. The summed E-state index contributed by atoms with van der Waals surface area (Å²) in [4.78, 5) is 32.0. The van der Waals surface area contributed by atoms with E-state index in [0.717, 1.165) is 12.0 Å². The highest BCUT2D eigenvalue weighted by molar-refractivity contribution is 6.46. The van der Waals surface area contributed by atoms with E-state index in [2.05, 4.69) is 4.98 Å². The van der Waals surface area contributed by atoms with E-state index in [4.69, 9.17) is 9.47 Å². The van der Waals surface area contributed by atoms with Gasteiger partial charge in [0, 0.05) is 24.5 Å². The van der Waals surface area contributed by atoms with E-state index < -0.39 is 17.7 Å². The molecule has 1 aliphatic heterocycles. The Kier molecular flexibility index (Phi) is 7.45. The number of amides is 1. The fourth-order valence-corrected chi connectivity index (χ4v) is 4.10. The first-order valence-corrected chi connectivity index (χ1v) is 11.7. The molecule has 0 radical (unpaired) electrons. The Labute approximate surface area is 204 Å².